The average molecular weight is 404 g/mol. The maximum absolute atomic E-state index is 9.43. The van der Waals surface area contributed by atoms with Crippen LogP contribution in [0.4, 0.5) is 0 Å². The van der Waals surface area contributed by atoms with Gasteiger partial charge in [0.2, 0.25) is 0 Å². The Labute approximate surface area is 175 Å². The smallest absolute Gasteiger partial charge is 0.189 e. The second kappa shape index (κ2) is 8.21. The third-order valence-electron chi connectivity index (χ3n) is 4.19. The summed E-state index contributed by atoms with van der Waals surface area (Å²) >= 11 is 0. The first-order chi connectivity index (χ1) is 15.0. The summed E-state index contributed by atoms with van der Waals surface area (Å²) in [4.78, 5) is 16.8. The topological polar surface area (TPSA) is 216 Å². The molecule has 0 bridgehead atoms. The van der Waals surface area contributed by atoms with Crippen LogP contribution >= 0.6 is 0 Å². The van der Waals surface area contributed by atoms with Gasteiger partial charge in [-0.2, -0.15) is 31.6 Å². The number of fused-ring (bicyclic) bond motifs is 2. The van der Waals surface area contributed by atoms with E-state index in [2.05, 4.69) is 37.2 Å². The number of rotatable bonds is 0. The maximum Gasteiger partial charge on any atom is 0.189 e. The molecular weight excluding hydrogens is 396 g/mol. The molecule has 0 radical (unpaired) electrons. The lowest BCUT2D eigenvalue weighted by atomic mass is 10.0. The molecule has 0 fully saturated rings. The average Bonchev–Trinajstić information content (AvgIpc) is 2.81. The van der Waals surface area contributed by atoms with Gasteiger partial charge in [0.15, 0.2) is 29.2 Å². The number of allylic oxidation sites excluding steroid dienone is 2. The fraction of sp³-hybridized carbons (Fsp3) is 0.158. The van der Waals surface area contributed by atoms with E-state index in [0.717, 1.165) is 0 Å². The zero-order chi connectivity index (χ0) is 22.5. The number of nitrogens with one attached hydrogen (secondary N) is 2. The number of aliphatic imine (C=N–C) groups is 4. The van der Waals surface area contributed by atoms with Gasteiger partial charge in [0.05, 0.1) is 30.1 Å². The fourth-order valence-electron chi connectivity index (χ4n) is 2.78. The molecule has 2 N–H and O–H groups in total. The largest absolute Gasteiger partial charge is 0.368 e. The van der Waals surface area contributed by atoms with Crippen molar-refractivity contribution in [3.63, 3.8) is 0 Å². The fourth-order valence-corrected chi connectivity index (χ4v) is 2.78. The van der Waals surface area contributed by atoms with E-state index < -0.39 is 12.1 Å². The molecule has 0 amide bonds. The van der Waals surface area contributed by atoms with Crippen LogP contribution in [0.25, 0.3) is 0 Å². The van der Waals surface area contributed by atoms with Crippen LogP contribution in [-0.2, 0) is 0 Å². The number of hydrogen-bond acceptors (Lipinski definition) is 12. The molecule has 12 nitrogen and oxygen atoms in total. The lowest BCUT2D eigenvalue weighted by Gasteiger charge is -2.24. The van der Waals surface area contributed by atoms with E-state index in [4.69, 9.17) is 0 Å². The number of nitriles is 6. The Bertz CT molecular complexity index is 1340. The molecule has 2 unspecified atom stereocenters. The second-order valence-electron chi connectivity index (χ2n) is 5.96. The minimum absolute atomic E-state index is 0.00311. The Balaban J connectivity index is 2.36. The molecular formula is C19H8N12. The van der Waals surface area contributed by atoms with Crippen molar-refractivity contribution in [3.8, 4) is 36.4 Å². The highest BCUT2D eigenvalue weighted by atomic mass is 15.1. The van der Waals surface area contributed by atoms with Crippen LogP contribution in [-0.4, -0.2) is 41.5 Å². The van der Waals surface area contributed by atoms with Crippen LogP contribution in [0.2, 0.25) is 0 Å². The lowest BCUT2D eigenvalue weighted by molar-refractivity contribution is 0.894. The summed E-state index contributed by atoms with van der Waals surface area (Å²) in [6, 6.07) is 8.57. The predicted octanol–water partition coefficient (Wildman–Crippen LogP) is -0.214. The Hall–Kier alpha value is -5.56. The van der Waals surface area contributed by atoms with E-state index in [1.165, 1.54) is 0 Å². The van der Waals surface area contributed by atoms with Crippen molar-refractivity contribution in [1.29, 1.82) is 31.6 Å². The summed E-state index contributed by atoms with van der Waals surface area (Å²) < 4.78 is 0. The van der Waals surface area contributed by atoms with Crippen LogP contribution in [0.5, 0.6) is 0 Å². The highest BCUT2D eigenvalue weighted by Crippen LogP contribution is 2.25. The van der Waals surface area contributed by atoms with Crippen molar-refractivity contribution in [2.45, 2.75) is 12.1 Å². The van der Waals surface area contributed by atoms with Gasteiger partial charge in [0, 0.05) is 0 Å². The van der Waals surface area contributed by atoms with Gasteiger partial charge in [-0.1, -0.05) is 6.58 Å². The molecule has 3 heterocycles. The Kier molecular flexibility index (Phi) is 5.35. The van der Waals surface area contributed by atoms with Gasteiger partial charge in [0.25, 0.3) is 0 Å². The van der Waals surface area contributed by atoms with Crippen molar-refractivity contribution in [3.05, 3.63) is 35.1 Å². The van der Waals surface area contributed by atoms with Gasteiger partial charge in [0.1, 0.15) is 47.1 Å². The van der Waals surface area contributed by atoms with E-state index in [-0.39, 0.29) is 57.9 Å². The molecule has 144 valence electrons. The van der Waals surface area contributed by atoms with Gasteiger partial charge >= 0.3 is 0 Å². The monoisotopic (exact) mass is 404 g/mol. The Morgan fingerprint density at radius 3 is 1.90 bits per heavy atom. The normalized spacial score (nSPS) is 22.3. The Morgan fingerprint density at radius 2 is 1.35 bits per heavy atom. The third kappa shape index (κ3) is 3.48. The molecule has 12 heteroatoms. The summed E-state index contributed by atoms with van der Waals surface area (Å²) in [6.07, 6.45) is 0. The van der Waals surface area contributed by atoms with Crippen molar-refractivity contribution >= 4 is 22.8 Å². The van der Waals surface area contributed by atoms with Gasteiger partial charge in [-0.3, -0.25) is 9.98 Å². The first-order valence-corrected chi connectivity index (χ1v) is 8.42. The lowest BCUT2D eigenvalue weighted by Crippen LogP contribution is -2.36. The van der Waals surface area contributed by atoms with Gasteiger partial charge in [-0.25, -0.2) is 9.98 Å². The molecule has 0 aromatic rings. The molecule has 0 spiro atoms. The molecule has 0 saturated heterocycles. The first-order valence-electron chi connectivity index (χ1n) is 8.42. The van der Waals surface area contributed by atoms with Crippen molar-refractivity contribution < 1.29 is 0 Å². The molecule has 3 aliphatic heterocycles. The molecule has 0 aromatic heterocycles. The van der Waals surface area contributed by atoms with Crippen molar-refractivity contribution in [2.24, 2.45) is 20.0 Å². The van der Waals surface area contributed by atoms with Crippen LogP contribution in [0.1, 0.15) is 0 Å². The zero-order valence-corrected chi connectivity index (χ0v) is 15.5. The number of nitrogens with zero attached hydrogens (tertiary/aromatic N) is 10. The third-order valence-corrected chi connectivity index (χ3v) is 4.19. The summed E-state index contributed by atoms with van der Waals surface area (Å²) in [5, 5.41) is 61.7. The van der Waals surface area contributed by atoms with Crippen molar-refractivity contribution in [1.82, 2.24) is 10.6 Å². The minimum Gasteiger partial charge on any atom is -0.368 e. The molecule has 2 atom stereocenters. The molecule has 0 aliphatic carbocycles. The van der Waals surface area contributed by atoms with Crippen LogP contribution in [0.3, 0.4) is 0 Å². The van der Waals surface area contributed by atoms with E-state index in [0.29, 0.717) is 0 Å². The van der Waals surface area contributed by atoms with Crippen LogP contribution < -0.4 is 10.6 Å². The molecule has 0 saturated carbocycles. The summed E-state index contributed by atoms with van der Waals surface area (Å²) in [5.41, 5.74) is -0.553. The molecule has 3 rings (SSSR count). The van der Waals surface area contributed by atoms with Gasteiger partial charge in [-0.15, -0.1) is 0 Å². The first kappa shape index (κ1) is 20.2. The van der Waals surface area contributed by atoms with E-state index >= 15 is 0 Å². The maximum atomic E-state index is 9.43. The Morgan fingerprint density at radius 1 is 0.774 bits per heavy atom. The molecule has 31 heavy (non-hydrogen) atoms. The van der Waals surface area contributed by atoms with E-state index in [1.54, 1.807) is 6.07 Å². The highest BCUT2D eigenvalue weighted by Gasteiger charge is 2.33. The second-order valence-corrected chi connectivity index (χ2v) is 5.96. The molecule has 0 aromatic carbocycles. The summed E-state index contributed by atoms with van der Waals surface area (Å²) in [5.74, 6) is 0. The predicted molar refractivity (Wildman–Crippen MR) is 105 cm³/mol. The summed E-state index contributed by atoms with van der Waals surface area (Å²) in [7, 11) is 0. The summed E-state index contributed by atoms with van der Waals surface area (Å²) in [6.45, 7) is 3.66. The minimum atomic E-state index is -1.23. The standard InChI is InChI=1S/C19H8N12/c1-9-17-19(31-15(7-25)14(6-24)29-17)18-16(28-12(4-22)13(5-23)30-18)8-26-10(2-20)11(3-21)27-9/h12,14,26-27H,1,8H2. The molecule has 3 aliphatic rings. The zero-order valence-electron chi connectivity index (χ0n) is 15.5. The van der Waals surface area contributed by atoms with Gasteiger partial charge in [-0.05, 0) is 0 Å². The van der Waals surface area contributed by atoms with Gasteiger partial charge < -0.3 is 10.6 Å². The quantitative estimate of drug-likeness (QED) is 0.548. The van der Waals surface area contributed by atoms with Crippen molar-refractivity contribution in [2.75, 3.05) is 6.54 Å². The van der Waals surface area contributed by atoms with E-state index in [1.807, 2.05) is 30.3 Å². The SMILES string of the molecule is C=C1NC(C#N)=C(C#N)NCC2=NC(C#N)C(C#N)=NC2=C2N=C(C#N)C(C#N)N=C12. The van der Waals surface area contributed by atoms with E-state index in [9.17, 15) is 31.6 Å². The number of hydrogen-bond donors (Lipinski definition) is 2. The highest BCUT2D eigenvalue weighted by molar-refractivity contribution is 6.24. The van der Waals surface area contributed by atoms with Crippen LogP contribution in [0, 0.1) is 68.0 Å². The van der Waals surface area contributed by atoms with Crippen LogP contribution in [0.15, 0.2) is 55.0 Å².